The number of hydrogen-bond donors (Lipinski definition) is 0. The molecule has 2 heterocycles. The van der Waals surface area contributed by atoms with Crippen LogP contribution in [0.4, 0.5) is 0 Å². The third kappa shape index (κ3) is 3.12. The van der Waals surface area contributed by atoms with Crippen molar-refractivity contribution in [3.8, 4) is 0 Å². The minimum absolute atomic E-state index is 0.0140. The van der Waals surface area contributed by atoms with Crippen LogP contribution in [0.1, 0.15) is 37.8 Å². The minimum atomic E-state index is -1.26. The summed E-state index contributed by atoms with van der Waals surface area (Å²) in [6.07, 6.45) is 3.19. The number of aryl methyl sites for hydroxylation is 1. The van der Waals surface area contributed by atoms with Crippen LogP contribution in [0.5, 0.6) is 0 Å². The Kier molecular flexibility index (Phi) is 3.85. The van der Waals surface area contributed by atoms with Crippen LogP contribution in [0.15, 0.2) is 12.4 Å². The van der Waals surface area contributed by atoms with E-state index in [2.05, 4.69) is 4.98 Å². The highest BCUT2D eigenvalue weighted by Gasteiger charge is 2.46. The van der Waals surface area contributed by atoms with E-state index in [1.807, 2.05) is 0 Å². The van der Waals surface area contributed by atoms with Crippen LogP contribution < -0.4 is 0 Å². The van der Waals surface area contributed by atoms with E-state index in [-0.39, 0.29) is 12.2 Å². The molecule has 1 aliphatic rings. The quantitative estimate of drug-likeness (QED) is 0.469. The van der Waals surface area contributed by atoms with Gasteiger partial charge in [-0.2, -0.15) is 0 Å². The number of esters is 2. The first-order chi connectivity index (χ1) is 9.71. The Balaban J connectivity index is 2.08. The molecule has 1 aromatic heterocycles. The number of nitrogens with zero attached hydrogens (tertiary/aromatic N) is 2. The first kappa shape index (κ1) is 15.2. The van der Waals surface area contributed by atoms with Crippen LogP contribution in [0, 0.1) is 11.8 Å². The predicted octanol–water partition coefficient (Wildman–Crippen LogP) is 1.08. The molecular weight excluding hydrogens is 276 g/mol. The van der Waals surface area contributed by atoms with Crippen LogP contribution in [0.25, 0.3) is 0 Å². The number of carbonyl (C=O) groups is 3. The fourth-order valence-electron chi connectivity index (χ4n) is 2.33. The number of ketones is 1. The summed E-state index contributed by atoms with van der Waals surface area (Å²) in [6, 6.07) is 0. The maximum atomic E-state index is 12.1. The molecule has 0 radical (unpaired) electrons. The van der Waals surface area contributed by atoms with Gasteiger partial charge in [0.1, 0.15) is 0 Å². The second-order valence-corrected chi connectivity index (χ2v) is 5.69. The Bertz CT molecular complexity index is 570. The summed E-state index contributed by atoms with van der Waals surface area (Å²) in [5, 5.41) is 0. The Morgan fingerprint density at radius 1 is 1.38 bits per heavy atom. The average Bonchev–Trinajstić information content (AvgIpc) is 2.72. The Morgan fingerprint density at radius 2 is 1.95 bits per heavy atom. The lowest BCUT2D eigenvalue weighted by molar-refractivity contribution is -0.242. The second-order valence-electron chi connectivity index (χ2n) is 5.69. The summed E-state index contributed by atoms with van der Waals surface area (Å²) in [5.41, 5.74) is 0. The van der Waals surface area contributed by atoms with Crippen molar-refractivity contribution in [3.63, 3.8) is 0 Å². The van der Waals surface area contributed by atoms with Gasteiger partial charge < -0.3 is 14.0 Å². The second kappa shape index (κ2) is 5.31. The molecule has 7 nitrogen and oxygen atoms in total. The molecule has 0 bridgehead atoms. The molecule has 0 amide bonds. The minimum Gasteiger partial charge on any atom is -0.422 e. The molecule has 21 heavy (non-hydrogen) atoms. The highest BCUT2D eigenvalue weighted by molar-refractivity contribution is 5.99. The molecule has 0 saturated carbocycles. The molecule has 1 aliphatic heterocycles. The number of imidazole rings is 1. The van der Waals surface area contributed by atoms with Crippen molar-refractivity contribution in [2.75, 3.05) is 0 Å². The van der Waals surface area contributed by atoms with Crippen molar-refractivity contribution < 1.29 is 23.9 Å². The molecule has 0 aromatic carbocycles. The van der Waals surface area contributed by atoms with Gasteiger partial charge in [-0.1, -0.05) is 6.92 Å². The van der Waals surface area contributed by atoms with E-state index in [0.717, 1.165) is 0 Å². The van der Waals surface area contributed by atoms with E-state index in [0.29, 0.717) is 5.82 Å². The number of hydrogen-bond acceptors (Lipinski definition) is 6. The zero-order valence-corrected chi connectivity index (χ0v) is 12.5. The lowest BCUT2D eigenvalue weighted by Gasteiger charge is -2.34. The molecular formula is C14H18N2O5. The fourth-order valence-corrected chi connectivity index (χ4v) is 2.33. The number of aromatic nitrogens is 2. The lowest BCUT2D eigenvalue weighted by Crippen LogP contribution is -2.48. The maximum absolute atomic E-state index is 12.1. The van der Waals surface area contributed by atoms with Gasteiger partial charge in [0.15, 0.2) is 17.5 Å². The van der Waals surface area contributed by atoms with Gasteiger partial charge in [-0.25, -0.2) is 4.98 Å². The molecule has 0 spiro atoms. The third-order valence-electron chi connectivity index (χ3n) is 3.35. The highest BCUT2D eigenvalue weighted by atomic mass is 16.7. The van der Waals surface area contributed by atoms with E-state index in [9.17, 15) is 14.4 Å². The fraction of sp³-hybridized carbons (Fsp3) is 0.571. The third-order valence-corrected chi connectivity index (χ3v) is 3.35. The number of Topliss-reactive ketones (excluding diaryl/α,β-unsaturated/α-hetero) is 1. The number of ether oxygens (including phenoxy) is 2. The molecule has 7 heteroatoms. The number of rotatable bonds is 4. The molecule has 1 saturated heterocycles. The first-order valence-electron chi connectivity index (χ1n) is 6.67. The number of cyclic esters (lactones) is 2. The zero-order valence-electron chi connectivity index (χ0n) is 12.5. The highest BCUT2D eigenvalue weighted by Crippen LogP contribution is 2.29. The van der Waals surface area contributed by atoms with Crippen LogP contribution in [0.3, 0.4) is 0 Å². The van der Waals surface area contributed by atoms with Gasteiger partial charge in [-0.15, -0.1) is 0 Å². The number of carbonyl (C=O) groups excluding carboxylic acids is 3. The predicted molar refractivity (Wildman–Crippen MR) is 71.1 cm³/mol. The lowest BCUT2D eigenvalue weighted by atomic mass is 9.88. The van der Waals surface area contributed by atoms with E-state index in [1.165, 1.54) is 20.0 Å². The largest absolute Gasteiger partial charge is 0.422 e. The Labute approximate surface area is 122 Å². The van der Waals surface area contributed by atoms with Crippen LogP contribution >= 0.6 is 0 Å². The van der Waals surface area contributed by atoms with Gasteiger partial charge in [0.25, 0.3) is 5.79 Å². The molecule has 1 fully saturated rings. The van der Waals surface area contributed by atoms with Crippen LogP contribution in [0.2, 0.25) is 0 Å². The van der Waals surface area contributed by atoms with Crippen LogP contribution in [-0.4, -0.2) is 33.1 Å². The van der Waals surface area contributed by atoms with Gasteiger partial charge in [-0.3, -0.25) is 14.4 Å². The molecule has 114 valence electrons. The van der Waals surface area contributed by atoms with Crippen molar-refractivity contribution in [2.24, 2.45) is 18.9 Å². The summed E-state index contributed by atoms with van der Waals surface area (Å²) in [6.45, 7) is 4.62. The van der Waals surface area contributed by atoms with Crippen molar-refractivity contribution >= 4 is 17.7 Å². The molecule has 1 atom stereocenters. The first-order valence-corrected chi connectivity index (χ1v) is 6.67. The van der Waals surface area contributed by atoms with Crippen molar-refractivity contribution in [1.82, 2.24) is 9.55 Å². The summed E-state index contributed by atoms with van der Waals surface area (Å²) < 4.78 is 11.7. The summed E-state index contributed by atoms with van der Waals surface area (Å²) in [7, 11) is 1.70. The Hall–Kier alpha value is -2.18. The standard InChI is InChI=1S/C14H18N2O5/c1-8(7-9(17)11-15-5-6-16(11)4)10-12(18)20-14(2,3)21-13(10)19/h5-6,8,10H,7H2,1-4H3/t8-/m1/s1. The topological polar surface area (TPSA) is 87.5 Å². The SMILES string of the molecule is C[C@H](CC(=O)c1nccn1C)C1C(=O)OC(C)(C)OC1=O. The summed E-state index contributed by atoms with van der Waals surface area (Å²) >= 11 is 0. The Morgan fingerprint density at radius 3 is 2.43 bits per heavy atom. The molecule has 1 aromatic rings. The molecule has 2 rings (SSSR count). The van der Waals surface area contributed by atoms with Gasteiger partial charge >= 0.3 is 11.9 Å². The average molecular weight is 294 g/mol. The zero-order chi connectivity index (χ0) is 15.8. The van der Waals surface area contributed by atoms with Gasteiger partial charge in [0.05, 0.1) is 0 Å². The van der Waals surface area contributed by atoms with E-state index in [1.54, 1.807) is 24.7 Å². The normalized spacial score (nSPS) is 19.8. The van der Waals surface area contributed by atoms with Gasteiger partial charge in [0, 0.05) is 39.7 Å². The maximum Gasteiger partial charge on any atom is 0.323 e. The van der Waals surface area contributed by atoms with Crippen molar-refractivity contribution in [2.45, 2.75) is 33.0 Å². The van der Waals surface area contributed by atoms with E-state index < -0.39 is 29.6 Å². The molecule has 0 N–H and O–H groups in total. The van der Waals surface area contributed by atoms with Gasteiger partial charge in [0.2, 0.25) is 0 Å². The summed E-state index contributed by atoms with van der Waals surface area (Å²) in [5.74, 6) is -4.12. The summed E-state index contributed by atoms with van der Waals surface area (Å²) in [4.78, 5) is 40.0. The van der Waals surface area contributed by atoms with Gasteiger partial charge in [-0.05, 0) is 5.92 Å². The monoisotopic (exact) mass is 294 g/mol. The van der Waals surface area contributed by atoms with Crippen LogP contribution in [-0.2, 0) is 26.1 Å². The van der Waals surface area contributed by atoms with Crippen molar-refractivity contribution in [3.05, 3.63) is 18.2 Å². The van der Waals surface area contributed by atoms with Crippen molar-refractivity contribution in [1.29, 1.82) is 0 Å². The molecule has 0 aliphatic carbocycles. The van der Waals surface area contributed by atoms with E-state index >= 15 is 0 Å². The van der Waals surface area contributed by atoms with E-state index in [4.69, 9.17) is 9.47 Å². The smallest absolute Gasteiger partial charge is 0.323 e. The molecule has 0 unspecified atom stereocenters.